The van der Waals surface area contributed by atoms with E-state index < -0.39 is 0 Å². The van der Waals surface area contributed by atoms with Crippen LogP contribution in [0.3, 0.4) is 0 Å². The first-order valence-corrected chi connectivity index (χ1v) is 11.1. The highest BCUT2D eigenvalue weighted by Gasteiger charge is 2.25. The highest BCUT2D eigenvalue weighted by atomic mass is 32.1. The molecule has 2 aliphatic rings. The second kappa shape index (κ2) is 10.8. The van der Waals surface area contributed by atoms with E-state index in [1.54, 1.807) is 13.3 Å². The van der Waals surface area contributed by atoms with E-state index in [-0.39, 0.29) is 6.61 Å². The zero-order valence-electron chi connectivity index (χ0n) is 16.8. The number of thiophene rings is 1. The van der Waals surface area contributed by atoms with Gasteiger partial charge in [-0.15, -0.1) is 11.3 Å². The minimum atomic E-state index is 0.250. The molecule has 0 bridgehead atoms. The third-order valence-corrected chi connectivity index (χ3v) is 6.32. The first-order chi connectivity index (χ1) is 12.8. The molecule has 1 N–H and O–H groups in total. The number of ether oxygens (including phenoxy) is 1. The number of hydrogen-bond donors (Lipinski definition) is 1. The fraction of sp³-hybridized carbons (Fsp3) is 0.714. The molecule has 0 aromatic carbocycles. The molecule has 0 atom stereocenters. The third-order valence-electron chi connectivity index (χ3n) is 5.12. The average Bonchev–Trinajstić information content (AvgIpc) is 3.26. The predicted octanol–water partition coefficient (Wildman–Crippen LogP) is 5.55. The molecule has 0 saturated heterocycles. The molecule has 0 radical (unpaired) electrons. The van der Waals surface area contributed by atoms with Gasteiger partial charge in [0.15, 0.2) is 0 Å². The van der Waals surface area contributed by atoms with Crippen LogP contribution in [0.15, 0.2) is 6.33 Å². The van der Waals surface area contributed by atoms with Crippen molar-refractivity contribution in [2.75, 3.05) is 6.61 Å². The second-order valence-corrected chi connectivity index (χ2v) is 7.79. The average molecular weight is 379 g/mol. The van der Waals surface area contributed by atoms with Crippen LogP contribution in [-0.2, 0) is 12.8 Å². The number of nitrogens with zero attached hydrogens (tertiary/aromatic N) is 2. The van der Waals surface area contributed by atoms with Crippen LogP contribution < -0.4 is 4.74 Å². The van der Waals surface area contributed by atoms with Crippen molar-refractivity contribution in [3.8, 4) is 5.88 Å². The van der Waals surface area contributed by atoms with E-state index in [9.17, 15) is 0 Å². The molecule has 26 heavy (non-hydrogen) atoms. The maximum atomic E-state index is 7.57. The molecule has 0 unspecified atom stereocenters. The zero-order chi connectivity index (χ0) is 18.9. The Morgan fingerprint density at radius 3 is 2.46 bits per heavy atom. The van der Waals surface area contributed by atoms with Crippen LogP contribution in [0.5, 0.6) is 5.88 Å². The normalized spacial score (nSPS) is 21.3. The lowest BCUT2D eigenvalue weighted by molar-refractivity contribution is 0.126. The van der Waals surface area contributed by atoms with Gasteiger partial charge in [-0.1, -0.05) is 27.2 Å². The van der Waals surface area contributed by atoms with E-state index in [4.69, 9.17) is 9.84 Å². The summed E-state index contributed by atoms with van der Waals surface area (Å²) in [5.41, 5.74) is 1.47. The Kier molecular flexibility index (Phi) is 8.79. The van der Waals surface area contributed by atoms with Crippen LogP contribution >= 0.6 is 11.3 Å². The van der Waals surface area contributed by atoms with Gasteiger partial charge in [-0.3, -0.25) is 0 Å². The minimum Gasteiger partial charge on any atom is -0.474 e. The van der Waals surface area contributed by atoms with Gasteiger partial charge in [-0.2, -0.15) is 0 Å². The zero-order valence-corrected chi connectivity index (χ0v) is 17.6. The summed E-state index contributed by atoms with van der Waals surface area (Å²) in [7, 11) is 0. The van der Waals surface area contributed by atoms with Gasteiger partial charge in [0.1, 0.15) is 17.3 Å². The Balaban J connectivity index is 0.000000444. The van der Waals surface area contributed by atoms with E-state index in [0.717, 1.165) is 16.6 Å². The maximum Gasteiger partial charge on any atom is 0.225 e. The summed E-state index contributed by atoms with van der Waals surface area (Å²) in [5, 5.41) is 8.78. The third kappa shape index (κ3) is 4.95. The molecule has 5 heteroatoms. The van der Waals surface area contributed by atoms with Crippen LogP contribution in [0.2, 0.25) is 0 Å². The highest BCUT2D eigenvalue weighted by molar-refractivity contribution is 7.18. The van der Waals surface area contributed by atoms with Crippen LogP contribution in [-0.4, -0.2) is 27.8 Å². The molecule has 0 amide bonds. The van der Waals surface area contributed by atoms with Crippen molar-refractivity contribution in [1.82, 2.24) is 9.97 Å². The molecule has 146 valence electrons. The smallest absolute Gasteiger partial charge is 0.225 e. The van der Waals surface area contributed by atoms with Crippen LogP contribution in [0.25, 0.3) is 10.2 Å². The van der Waals surface area contributed by atoms with Crippen molar-refractivity contribution in [1.29, 1.82) is 0 Å². The molecular formula is C21H34N2O2S. The van der Waals surface area contributed by atoms with Gasteiger partial charge in [-0.25, -0.2) is 9.97 Å². The van der Waals surface area contributed by atoms with Gasteiger partial charge >= 0.3 is 0 Å². The molecule has 2 heterocycles. The lowest BCUT2D eigenvalue weighted by Crippen LogP contribution is -2.24. The summed E-state index contributed by atoms with van der Waals surface area (Å²) in [6, 6.07) is 0. The molecule has 2 aliphatic carbocycles. The van der Waals surface area contributed by atoms with Crippen molar-refractivity contribution in [3.63, 3.8) is 0 Å². The number of aliphatic hydroxyl groups is 1. The number of aliphatic hydroxyl groups excluding tert-OH is 1. The molecule has 2 aromatic rings. The standard InChI is InChI=1S/C17H22N2OS.C2H6O.C2H6/c1-2-11-6-8-12(9-7-11)20-16-15-13-4-3-5-14(13)21-17(15)19-10-18-16;1-2-3;1-2/h10-12H,2-9H2,1H3;3H,2H2,1H3;1-2H3. The highest BCUT2D eigenvalue weighted by Crippen LogP contribution is 2.40. The second-order valence-electron chi connectivity index (χ2n) is 6.70. The molecular weight excluding hydrogens is 344 g/mol. The Bertz CT molecular complexity index is 663. The van der Waals surface area contributed by atoms with Crippen molar-refractivity contribution >= 4 is 21.6 Å². The molecule has 2 aromatic heterocycles. The van der Waals surface area contributed by atoms with Crippen molar-refractivity contribution in [2.45, 2.75) is 85.2 Å². The van der Waals surface area contributed by atoms with Gasteiger partial charge in [0, 0.05) is 11.5 Å². The van der Waals surface area contributed by atoms with Crippen LogP contribution in [0.1, 0.15) is 76.7 Å². The minimum absolute atomic E-state index is 0.250. The van der Waals surface area contributed by atoms with E-state index in [1.807, 2.05) is 25.2 Å². The summed E-state index contributed by atoms with van der Waals surface area (Å²) in [6.45, 7) is 8.23. The molecule has 4 rings (SSSR count). The first-order valence-electron chi connectivity index (χ1n) is 10.3. The number of aryl methyl sites for hydroxylation is 2. The fourth-order valence-electron chi connectivity index (χ4n) is 3.80. The first kappa shape index (κ1) is 21.1. The van der Waals surface area contributed by atoms with Crippen molar-refractivity contribution in [3.05, 3.63) is 16.8 Å². The summed E-state index contributed by atoms with van der Waals surface area (Å²) >= 11 is 1.84. The Labute approximate surface area is 162 Å². The monoisotopic (exact) mass is 378 g/mol. The van der Waals surface area contributed by atoms with Gasteiger partial charge in [-0.05, 0) is 63.4 Å². The Morgan fingerprint density at radius 1 is 1.12 bits per heavy atom. The summed E-state index contributed by atoms with van der Waals surface area (Å²) < 4.78 is 6.30. The SMILES string of the molecule is CC.CCC1CCC(Oc2ncnc3sc4c(c23)CCC4)CC1.CCO. The van der Waals surface area contributed by atoms with Crippen molar-refractivity contribution < 1.29 is 9.84 Å². The fourth-order valence-corrected chi connectivity index (χ4v) is 5.02. The number of fused-ring (bicyclic) bond motifs is 3. The van der Waals surface area contributed by atoms with Gasteiger partial charge in [0.2, 0.25) is 5.88 Å². The lowest BCUT2D eigenvalue weighted by Gasteiger charge is -2.28. The van der Waals surface area contributed by atoms with Gasteiger partial charge < -0.3 is 9.84 Å². The summed E-state index contributed by atoms with van der Waals surface area (Å²) in [4.78, 5) is 11.5. The van der Waals surface area contributed by atoms with E-state index in [1.165, 1.54) is 67.2 Å². The van der Waals surface area contributed by atoms with Crippen LogP contribution in [0, 0.1) is 5.92 Å². The van der Waals surface area contributed by atoms with E-state index in [0.29, 0.717) is 6.10 Å². The Hall–Kier alpha value is -1.20. The van der Waals surface area contributed by atoms with Gasteiger partial charge in [0.05, 0.1) is 5.39 Å². The predicted molar refractivity (Wildman–Crippen MR) is 110 cm³/mol. The number of aromatic nitrogens is 2. The van der Waals surface area contributed by atoms with E-state index in [2.05, 4.69) is 16.9 Å². The number of hydrogen-bond acceptors (Lipinski definition) is 5. The molecule has 1 fully saturated rings. The van der Waals surface area contributed by atoms with Crippen LogP contribution in [0.4, 0.5) is 0 Å². The Morgan fingerprint density at radius 2 is 1.81 bits per heavy atom. The quantitative estimate of drug-likeness (QED) is 0.760. The number of rotatable bonds is 3. The molecule has 4 nitrogen and oxygen atoms in total. The lowest BCUT2D eigenvalue weighted by atomic mass is 9.86. The summed E-state index contributed by atoms with van der Waals surface area (Å²) in [5.74, 6) is 1.75. The molecule has 0 aliphatic heterocycles. The molecule has 0 spiro atoms. The topological polar surface area (TPSA) is 55.2 Å². The summed E-state index contributed by atoms with van der Waals surface area (Å²) in [6.07, 6.45) is 11.9. The largest absolute Gasteiger partial charge is 0.474 e. The van der Waals surface area contributed by atoms with E-state index >= 15 is 0 Å². The van der Waals surface area contributed by atoms with Crippen molar-refractivity contribution in [2.24, 2.45) is 5.92 Å². The maximum absolute atomic E-state index is 7.57. The molecule has 1 saturated carbocycles. The van der Waals surface area contributed by atoms with Gasteiger partial charge in [0.25, 0.3) is 0 Å².